The van der Waals surface area contributed by atoms with Crippen molar-refractivity contribution in [1.82, 2.24) is 10.1 Å². The van der Waals surface area contributed by atoms with Crippen LogP contribution in [0.5, 0.6) is 0 Å². The molecule has 0 saturated carbocycles. The van der Waals surface area contributed by atoms with Crippen molar-refractivity contribution in [2.24, 2.45) is 0 Å². The fraction of sp³-hybridized carbons (Fsp3) is 0.385. The van der Waals surface area contributed by atoms with Crippen LogP contribution in [0.25, 0.3) is 11.4 Å². The second kappa shape index (κ2) is 5.19. The quantitative estimate of drug-likeness (QED) is 0.914. The van der Waals surface area contributed by atoms with Gasteiger partial charge in [-0.15, -0.1) is 0 Å². The molecule has 19 heavy (non-hydrogen) atoms. The van der Waals surface area contributed by atoms with Crippen LogP contribution in [0, 0.1) is 0 Å². The molecular weight excluding hydrogens is 266 g/mol. The maximum absolute atomic E-state index is 9.48. The molecule has 1 fully saturated rings. The molecule has 1 aromatic heterocycles. The summed E-state index contributed by atoms with van der Waals surface area (Å²) < 4.78 is 5.27. The Labute approximate surface area is 115 Å². The summed E-state index contributed by atoms with van der Waals surface area (Å²) in [7, 11) is 0. The third kappa shape index (κ3) is 2.72. The SMILES string of the molecule is OC1CCN(c2nc(-c3cccc(Cl)c3)no2)CC1. The summed E-state index contributed by atoms with van der Waals surface area (Å²) in [6.07, 6.45) is 1.25. The maximum Gasteiger partial charge on any atom is 0.324 e. The van der Waals surface area contributed by atoms with Gasteiger partial charge in [0.05, 0.1) is 6.10 Å². The molecule has 2 aromatic rings. The first-order chi connectivity index (χ1) is 9.22. The molecule has 5 nitrogen and oxygen atoms in total. The lowest BCUT2D eigenvalue weighted by Gasteiger charge is -2.27. The van der Waals surface area contributed by atoms with Gasteiger partial charge in [0.1, 0.15) is 0 Å². The van der Waals surface area contributed by atoms with E-state index < -0.39 is 0 Å². The Bertz CT molecular complexity index is 565. The second-order valence-electron chi connectivity index (χ2n) is 4.63. The monoisotopic (exact) mass is 279 g/mol. The highest BCUT2D eigenvalue weighted by molar-refractivity contribution is 6.30. The average Bonchev–Trinajstić information content (AvgIpc) is 2.89. The Kier molecular flexibility index (Phi) is 3.40. The van der Waals surface area contributed by atoms with Crippen LogP contribution < -0.4 is 4.90 Å². The summed E-state index contributed by atoms with van der Waals surface area (Å²) in [6, 6.07) is 7.85. The summed E-state index contributed by atoms with van der Waals surface area (Å²) in [6.45, 7) is 1.47. The molecule has 1 aliphatic heterocycles. The van der Waals surface area contributed by atoms with E-state index in [1.54, 1.807) is 12.1 Å². The number of nitrogens with zero attached hydrogens (tertiary/aromatic N) is 3. The van der Waals surface area contributed by atoms with Crippen molar-refractivity contribution < 1.29 is 9.63 Å². The minimum absolute atomic E-state index is 0.216. The van der Waals surface area contributed by atoms with Gasteiger partial charge in [-0.2, -0.15) is 4.98 Å². The third-order valence-electron chi connectivity index (χ3n) is 3.23. The number of anilines is 1. The largest absolute Gasteiger partial charge is 0.393 e. The number of aromatic nitrogens is 2. The van der Waals surface area contributed by atoms with Crippen LogP contribution in [0.3, 0.4) is 0 Å². The number of piperidine rings is 1. The van der Waals surface area contributed by atoms with Crippen LogP contribution in [0.15, 0.2) is 28.8 Å². The molecule has 0 aliphatic carbocycles. The molecule has 100 valence electrons. The first kappa shape index (κ1) is 12.4. The molecule has 0 amide bonds. The lowest BCUT2D eigenvalue weighted by Crippen LogP contribution is -2.35. The van der Waals surface area contributed by atoms with Crippen molar-refractivity contribution >= 4 is 17.6 Å². The molecule has 0 bridgehead atoms. The number of benzene rings is 1. The van der Waals surface area contributed by atoms with Crippen LogP contribution in [0.4, 0.5) is 6.01 Å². The zero-order valence-electron chi connectivity index (χ0n) is 10.3. The minimum Gasteiger partial charge on any atom is -0.393 e. The number of hydrogen-bond acceptors (Lipinski definition) is 5. The summed E-state index contributed by atoms with van der Waals surface area (Å²) in [5.74, 6) is 0.531. The highest BCUT2D eigenvalue weighted by atomic mass is 35.5. The molecule has 0 unspecified atom stereocenters. The van der Waals surface area contributed by atoms with Crippen molar-refractivity contribution in [3.8, 4) is 11.4 Å². The van der Waals surface area contributed by atoms with E-state index in [-0.39, 0.29) is 6.10 Å². The Morgan fingerprint density at radius 3 is 2.84 bits per heavy atom. The molecule has 6 heteroatoms. The van der Waals surface area contributed by atoms with Gasteiger partial charge < -0.3 is 14.5 Å². The zero-order chi connectivity index (χ0) is 13.2. The van der Waals surface area contributed by atoms with Gasteiger partial charge in [-0.05, 0) is 25.0 Å². The molecule has 3 rings (SSSR count). The first-order valence-corrected chi connectivity index (χ1v) is 6.63. The van der Waals surface area contributed by atoms with Crippen molar-refractivity contribution in [1.29, 1.82) is 0 Å². The first-order valence-electron chi connectivity index (χ1n) is 6.25. The Hall–Kier alpha value is -1.59. The smallest absolute Gasteiger partial charge is 0.324 e. The molecule has 2 heterocycles. The van der Waals surface area contributed by atoms with Crippen LogP contribution in [0.2, 0.25) is 5.02 Å². The van der Waals surface area contributed by atoms with E-state index in [0.29, 0.717) is 16.9 Å². The van der Waals surface area contributed by atoms with Gasteiger partial charge >= 0.3 is 6.01 Å². The lowest BCUT2D eigenvalue weighted by molar-refractivity contribution is 0.143. The highest BCUT2D eigenvalue weighted by Gasteiger charge is 2.21. The summed E-state index contributed by atoms with van der Waals surface area (Å²) >= 11 is 5.94. The van der Waals surface area contributed by atoms with E-state index in [4.69, 9.17) is 16.1 Å². The zero-order valence-corrected chi connectivity index (χ0v) is 11.0. The fourth-order valence-electron chi connectivity index (χ4n) is 2.15. The van der Waals surface area contributed by atoms with Gasteiger partial charge in [-0.3, -0.25) is 0 Å². The Morgan fingerprint density at radius 1 is 1.32 bits per heavy atom. The van der Waals surface area contributed by atoms with E-state index in [0.717, 1.165) is 31.5 Å². The maximum atomic E-state index is 9.48. The van der Waals surface area contributed by atoms with Gasteiger partial charge in [-0.25, -0.2) is 0 Å². The van der Waals surface area contributed by atoms with E-state index in [2.05, 4.69) is 10.1 Å². The fourth-order valence-corrected chi connectivity index (χ4v) is 2.34. The summed E-state index contributed by atoms with van der Waals surface area (Å²) in [5, 5.41) is 14.1. The van der Waals surface area contributed by atoms with Crippen molar-refractivity contribution in [3.63, 3.8) is 0 Å². The topological polar surface area (TPSA) is 62.4 Å². The Morgan fingerprint density at radius 2 is 2.11 bits per heavy atom. The molecule has 0 atom stereocenters. The predicted octanol–water partition coefficient (Wildman–Crippen LogP) is 2.35. The average molecular weight is 280 g/mol. The summed E-state index contributed by atoms with van der Waals surface area (Å²) in [5.41, 5.74) is 0.833. The van der Waals surface area contributed by atoms with E-state index in [1.165, 1.54) is 0 Å². The number of aliphatic hydroxyl groups is 1. The highest BCUT2D eigenvalue weighted by Crippen LogP contribution is 2.24. The predicted molar refractivity (Wildman–Crippen MR) is 72.2 cm³/mol. The Balaban J connectivity index is 1.80. The molecule has 1 saturated heterocycles. The number of halogens is 1. The van der Waals surface area contributed by atoms with E-state index >= 15 is 0 Å². The van der Waals surface area contributed by atoms with Crippen molar-refractivity contribution in [3.05, 3.63) is 29.3 Å². The third-order valence-corrected chi connectivity index (χ3v) is 3.47. The van der Waals surface area contributed by atoms with E-state index in [1.807, 2.05) is 17.0 Å². The van der Waals surface area contributed by atoms with Crippen LogP contribution in [-0.4, -0.2) is 34.4 Å². The van der Waals surface area contributed by atoms with Gasteiger partial charge in [0.15, 0.2) is 0 Å². The van der Waals surface area contributed by atoms with Gasteiger partial charge in [0, 0.05) is 23.7 Å². The van der Waals surface area contributed by atoms with Crippen LogP contribution in [-0.2, 0) is 0 Å². The standard InChI is InChI=1S/C13H14ClN3O2/c14-10-3-1-2-9(8-10)12-15-13(19-16-12)17-6-4-11(18)5-7-17/h1-3,8,11,18H,4-7H2. The molecule has 1 aromatic carbocycles. The van der Waals surface area contributed by atoms with Crippen molar-refractivity contribution in [2.75, 3.05) is 18.0 Å². The molecule has 0 spiro atoms. The molecule has 1 N–H and O–H groups in total. The molecule has 0 radical (unpaired) electrons. The van der Waals surface area contributed by atoms with Crippen LogP contribution in [0.1, 0.15) is 12.8 Å². The van der Waals surface area contributed by atoms with E-state index in [9.17, 15) is 5.11 Å². The number of aliphatic hydroxyl groups excluding tert-OH is 1. The van der Waals surface area contributed by atoms with Gasteiger partial charge in [0.2, 0.25) is 5.82 Å². The minimum atomic E-state index is -0.216. The second-order valence-corrected chi connectivity index (χ2v) is 5.07. The summed E-state index contributed by atoms with van der Waals surface area (Å²) in [4.78, 5) is 6.37. The molecule has 1 aliphatic rings. The number of hydrogen-bond donors (Lipinski definition) is 1. The van der Waals surface area contributed by atoms with Crippen LogP contribution >= 0.6 is 11.6 Å². The molecular formula is C13H14ClN3O2. The van der Waals surface area contributed by atoms with Gasteiger partial charge in [0.25, 0.3) is 0 Å². The normalized spacial score (nSPS) is 16.8. The van der Waals surface area contributed by atoms with Gasteiger partial charge in [-0.1, -0.05) is 28.9 Å². The van der Waals surface area contributed by atoms with Crippen molar-refractivity contribution in [2.45, 2.75) is 18.9 Å². The lowest BCUT2D eigenvalue weighted by atomic mass is 10.1. The number of rotatable bonds is 2.